The van der Waals surface area contributed by atoms with Crippen molar-refractivity contribution in [1.29, 1.82) is 0 Å². The van der Waals surface area contributed by atoms with Gasteiger partial charge in [-0.25, -0.2) is 4.98 Å². The molecule has 0 radical (unpaired) electrons. The van der Waals surface area contributed by atoms with Crippen LogP contribution in [0.4, 0.5) is 0 Å². The minimum atomic E-state index is -0.188. The molecule has 0 fully saturated rings. The number of rotatable bonds is 3. The van der Waals surface area contributed by atoms with Crippen LogP contribution in [-0.4, -0.2) is 23.2 Å². The van der Waals surface area contributed by atoms with Crippen molar-refractivity contribution in [3.05, 3.63) is 23.4 Å². The van der Waals surface area contributed by atoms with E-state index in [1.54, 1.807) is 25.4 Å². The number of amides is 1. The van der Waals surface area contributed by atoms with Gasteiger partial charge in [0.25, 0.3) is 0 Å². The second-order valence-electron chi connectivity index (χ2n) is 2.66. The maximum atomic E-state index is 11.2. The molecule has 1 amide bonds. The molecule has 1 N–H and O–H groups in total. The lowest BCUT2D eigenvalue weighted by atomic mass is 10.4. The lowest BCUT2D eigenvalue weighted by Gasteiger charge is -2.09. The van der Waals surface area contributed by atoms with Gasteiger partial charge in [-0.3, -0.25) is 4.79 Å². The van der Waals surface area contributed by atoms with Crippen molar-refractivity contribution < 1.29 is 4.79 Å². The number of nitrogens with one attached hydrogen (secondary N) is 1. The van der Waals surface area contributed by atoms with Crippen LogP contribution in [0.15, 0.2) is 23.4 Å². The summed E-state index contributed by atoms with van der Waals surface area (Å²) >= 11 is 7.25. The van der Waals surface area contributed by atoms with Gasteiger partial charge in [0.05, 0.1) is 10.3 Å². The van der Waals surface area contributed by atoms with Crippen LogP contribution in [0.25, 0.3) is 0 Å². The largest absolute Gasteiger partial charge is 0.358 e. The number of hydrogen-bond acceptors (Lipinski definition) is 3. The monoisotopic (exact) mass is 230 g/mol. The first-order valence-electron chi connectivity index (χ1n) is 4.14. The van der Waals surface area contributed by atoms with Crippen LogP contribution in [0.3, 0.4) is 0 Å². The van der Waals surface area contributed by atoms with E-state index in [4.69, 9.17) is 11.6 Å². The Morgan fingerprint density at radius 1 is 1.71 bits per heavy atom. The second-order valence-corrected chi connectivity index (χ2v) is 4.40. The Bertz CT molecular complexity index is 332. The van der Waals surface area contributed by atoms with Crippen molar-refractivity contribution in [1.82, 2.24) is 10.3 Å². The van der Waals surface area contributed by atoms with Crippen LogP contribution in [0.2, 0.25) is 5.02 Å². The molecule has 1 heterocycles. The number of carbonyl (C=O) groups excluding carboxylic acids is 1. The molecule has 0 aliphatic carbocycles. The summed E-state index contributed by atoms with van der Waals surface area (Å²) in [5.41, 5.74) is 0. The zero-order chi connectivity index (χ0) is 10.6. The Morgan fingerprint density at radius 2 is 2.43 bits per heavy atom. The Hall–Kier alpha value is -0.740. The van der Waals surface area contributed by atoms with Crippen LogP contribution >= 0.6 is 23.4 Å². The maximum absolute atomic E-state index is 11.2. The third-order valence-corrected chi connectivity index (χ3v) is 3.16. The molecular weight excluding hydrogens is 220 g/mol. The smallest absolute Gasteiger partial charge is 0.233 e. The van der Waals surface area contributed by atoms with Crippen molar-refractivity contribution in [3.8, 4) is 0 Å². The zero-order valence-electron chi connectivity index (χ0n) is 7.95. The van der Waals surface area contributed by atoms with Gasteiger partial charge in [-0.05, 0) is 19.1 Å². The molecule has 0 aromatic carbocycles. The molecule has 1 aromatic rings. The van der Waals surface area contributed by atoms with E-state index in [1.807, 2.05) is 6.92 Å². The molecule has 0 aliphatic heterocycles. The Labute approximate surface area is 92.2 Å². The Balaban J connectivity index is 2.69. The molecule has 5 heteroatoms. The summed E-state index contributed by atoms with van der Waals surface area (Å²) < 4.78 is 0. The molecule has 1 rings (SSSR count). The summed E-state index contributed by atoms with van der Waals surface area (Å²) in [6.07, 6.45) is 1.66. The molecule has 0 spiro atoms. The van der Waals surface area contributed by atoms with Gasteiger partial charge in [0, 0.05) is 13.2 Å². The van der Waals surface area contributed by atoms with Crippen LogP contribution in [0.5, 0.6) is 0 Å². The van der Waals surface area contributed by atoms with Crippen LogP contribution in [0, 0.1) is 0 Å². The molecular formula is C9H11ClN2OS. The lowest BCUT2D eigenvalue weighted by molar-refractivity contribution is -0.119. The number of aromatic nitrogens is 1. The van der Waals surface area contributed by atoms with Crippen LogP contribution in [0.1, 0.15) is 6.92 Å². The summed E-state index contributed by atoms with van der Waals surface area (Å²) in [5.74, 6) is -0.0308. The van der Waals surface area contributed by atoms with Gasteiger partial charge in [-0.15, -0.1) is 0 Å². The van der Waals surface area contributed by atoms with Crippen LogP contribution in [-0.2, 0) is 4.79 Å². The van der Waals surface area contributed by atoms with E-state index < -0.39 is 0 Å². The van der Waals surface area contributed by atoms with Crippen molar-refractivity contribution in [2.75, 3.05) is 7.05 Å². The van der Waals surface area contributed by atoms with Gasteiger partial charge >= 0.3 is 0 Å². The summed E-state index contributed by atoms with van der Waals surface area (Å²) in [5, 5.41) is 3.65. The quantitative estimate of drug-likeness (QED) is 0.808. The molecule has 3 nitrogen and oxygen atoms in total. The third-order valence-electron chi connectivity index (χ3n) is 1.63. The summed E-state index contributed by atoms with van der Waals surface area (Å²) in [4.78, 5) is 15.3. The number of halogens is 1. The van der Waals surface area contributed by atoms with E-state index in [0.29, 0.717) is 10.0 Å². The molecule has 0 bridgehead atoms. The van der Waals surface area contributed by atoms with Gasteiger partial charge in [-0.2, -0.15) is 0 Å². The predicted octanol–water partition coefficient (Wildman–Crippen LogP) is 1.96. The Morgan fingerprint density at radius 3 is 3.00 bits per heavy atom. The molecule has 1 aromatic heterocycles. The lowest BCUT2D eigenvalue weighted by Crippen LogP contribution is -2.27. The van der Waals surface area contributed by atoms with Crippen molar-refractivity contribution in [2.24, 2.45) is 0 Å². The first kappa shape index (κ1) is 11.3. The van der Waals surface area contributed by atoms with E-state index in [1.165, 1.54) is 11.8 Å². The minimum Gasteiger partial charge on any atom is -0.358 e. The molecule has 1 unspecified atom stereocenters. The molecule has 1 atom stereocenters. The molecule has 0 saturated carbocycles. The fourth-order valence-corrected chi connectivity index (χ4v) is 2.00. The average molecular weight is 231 g/mol. The summed E-state index contributed by atoms with van der Waals surface area (Å²) in [6, 6.07) is 3.52. The van der Waals surface area contributed by atoms with Gasteiger partial charge in [-0.1, -0.05) is 23.4 Å². The second kappa shape index (κ2) is 5.22. The van der Waals surface area contributed by atoms with Gasteiger partial charge in [0.15, 0.2) is 0 Å². The predicted molar refractivity (Wildman–Crippen MR) is 58.6 cm³/mol. The number of carbonyl (C=O) groups is 1. The number of nitrogens with zero attached hydrogens (tertiary/aromatic N) is 1. The first-order chi connectivity index (χ1) is 6.65. The highest BCUT2D eigenvalue weighted by Crippen LogP contribution is 2.27. The van der Waals surface area contributed by atoms with E-state index in [-0.39, 0.29) is 11.2 Å². The topological polar surface area (TPSA) is 42.0 Å². The van der Waals surface area contributed by atoms with Gasteiger partial charge < -0.3 is 5.32 Å². The zero-order valence-corrected chi connectivity index (χ0v) is 9.52. The Kier molecular flexibility index (Phi) is 4.22. The standard InChI is InChI=1S/C9H11ClN2OS/c1-6(8(13)11-2)14-9-7(10)4-3-5-12-9/h3-6H,1-2H3,(H,11,13). The van der Waals surface area contributed by atoms with E-state index >= 15 is 0 Å². The number of thioether (sulfide) groups is 1. The molecule has 76 valence electrons. The van der Waals surface area contributed by atoms with E-state index in [2.05, 4.69) is 10.3 Å². The minimum absolute atomic E-state index is 0.0308. The maximum Gasteiger partial charge on any atom is 0.233 e. The number of pyridine rings is 1. The van der Waals surface area contributed by atoms with E-state index in [9.17, 15) is 4.79 Å². The van der Waals surface area contributed by atoms with Crippen molar-refractivity contribution >= 4 is 29.3 Å². The summed E-state index contributed by atoms with van der Waals surface area (Å²) in [6.45, 7) is 1.81. The fourth-order valence-electron chi connectivity index (χ4n) is 0.882. The summed E-state index contributed by atoms with van der Waals surface area (Å²) in [7, 11) is 1.61. The first-order valence-corrected chi connectivity index (χ1v) is 5.39. The highest BCUT2D eigenvalue weighted by molar-refractivity contribution is 8.00. The van der Waals surface area contributed by atoms with Gasteiger partial charge in [0.1, 0.15) is 5.03 Å². The third kappa shape index (κ3) is 2.89. The van der Waals surface area contributed by atoms with Crippen LogP contribution < -0.4 is 5.32 Å². The van der Waals surface area contributed by atoms with Crippen molar-refractivity contribution in [3.63, 3.8) is 0 Å². The SMILES string of the molecule is CNC(=O)C(C)Sc1ncccc1Cl. The number of hydrogen-bond donors (Lipinski definition) is 1. The average Bonchev–Trinajstić information content (AvgIpc) is 2.20. The fraction of sp³-hybridized carbons (Fsp3) is 0.333. The van der Waals surface area contributed by atoms with Crippen molar-refractivity contribution in [2.45, 2.75) is 17.2 Å². The normalized spacial score (nSPS) is 12.2. The molecule has 0 aliphatic rings. The molecule has 0 saturated heterocycles. The van der Waals surface area contributed by atoms with Gasteiger partial charge in [0.2, 0.25) is 5.91 Å². The van der Waals surface area contributed by atoms with E-state index in [0.717, 1.165) is 0 Å². The highest BCUT2D eigenvalue weighted by Gasteiger charge is 2.14. The highest BCUT2D eigenvalue weighted by atomic mass is 35.5. The molecule has 14 heavy (non-hydrogen) atoms.